The smallest absolute Gasteiger partial charge is 0.129 e. The van der Waals surface area contributed by atoms with Gasteiger partial charge in [-0.05, 0) is 33.0 Å². The van der Waals surface area contributed by atoms with Crippen LogP contribution >= 0.6 is 11.6 Å². The second-order valence-electron chi connectivity index (χ2n) is 5.70. The number of nitrogens with zero attached hydrogens (tertiary/aromatic N) is 2. The molecular formula is C15H23ClFN3. The number of hydrogen-bond donors (Lipinski definition) is 1. The molecule has 1 aromatic rings. The van der Waals surface area contributed by atoms with E-state index in [1.165, 1.54) is 6.07 Å². The van der Waals surface area contributed by atoms with E-state index in [-0.39, 0.29) is 11.9 Å². The molecular weight excluding hydrogens is 277 g/mol. The van der Waals surface area contributed by atoms with Crippen LogP contribution in [0.5, 0.6) is 0 Å². The van der Waals surface area contributed by atoms with Crippen molar-refractivity contribution in [2.24, 2.45) is 5.73 Å². The summed E-state index contributed by atoms with van der Waals surface area (Å²) in [5.41, 5.74) is 6.45. The summed E-state index contributed by atoms with van der Waals surface area (Å²) < 4.78 is 14.1. The fourth-order valence-corrected chi connectivity index (χ4v) is 3.27. The van der Waals surface area contributed by atoms with Crippen LogP contribution in [0.4, 0.5) is 4.39 Å². The standard InChI is InChI=1S/C15H23ClFN3/c1-10-8-20(9-11(2)19(10)3)14(7-18)15-12(16)5-4-6-13(15)17/h4-6,10-11,14H,7-9,18H2,1-3H3. The average Bonchev–Trinajstić information content (AvgIpc) is 2.40. The Morgan fingerprint density at radius 3 is 2.45 bits per heavy atom. The normalized spacial score (nSPS) is 26.7. The zero-order valence-corrected chi connectivity index (χ0v) is 13.1. The molecule has 3 nitrogen and oxygen atoms in total. The third kappa shape index (κ3) is 2.98. The van der Waals surface area contributed by atoms with E-state index < -0.39 is 0 Å². The van der Waals surface area contributed by atoms with Crippen LogP contribution in [0.25, 0.3) is 0 Å². The number of benzene rings is 1. The molecule has 5 heteroatoms. The Morgan fingerprint density at radius 1 is 1.35 bits per heavy atom. The molecule has 0 bridgehead atoms. The van der Waals surface area contributed by atoms with Crippen molar-refractivity contribution in [3.05, 3.63) is 34.6 Å². The van der Waals surface area contributed by atoms with E-state index in [0.717, 1.165) is 13.1 Å². The maximum Gasteiger partial charge on any atom is 0.129 e. The van der Waals surface area contributed by atoms with Gasteiger partial charge < -0.3 is 5.73 Å². The number of piperazine rings is 1. The number of halogens is 2. The minimum atomic E-state index is -0.271. The van der Waals surface area contributed by atoms with Crippen LogP contribution in [0.1, 0.15) is 25.5 Å². The number of nitrogens with two attached hydrogens (primary N) is 1. The van der Waals surface area contributed by atoms with Gasteiger partial charge in [-0.1, -0.05) is 17.7 Å². The second-order valence-corrected chi connectivity index (χ2v) is 6.11. The van der Waals surface area contributed by atoms with E-state index in [0.29, 0.717) is 29.2 Å². The summed E-state index contributed by atoms with van der Waals surface area (Å²) >= 11 is 6.19. The van der Waals surface area contributed by atoms with Crippen LogP contribution < -0.4 is 5.73 Å². The Labute approximate surface area is 125 Å². The summed E-state index contributed by atoms with van der Waals surface area (Å²) in [6.07, 6.45) is 0. The van der Waals surface area contributed by atoms with Crippen LogP contribution in [-0.4, -0.2) is 48.6 Å². The molecule has 3 atom stereocenters. The van der Waals surface area contributed by atoms with E-state index in [1.807, 2.05) is 0 Å². The lowest BCUT2D eigenvalue weighted by Gasteiger charge is -2.45. The molecule has 0 spiro atoms. The van der Waals surface area contributed by atoms with Gasteiger partial charge in [0.2, 0.25) is 0 Å². The van der Waals surface area contributed by atoms with Crippen molar-refractivity contribution in [1.29, 1.82) is 0 Å². The highest BCUT2D eigenvalue weighted by Crippen LogP contribution is 2.31. The van der Waals surface area contributed by atoms with Crippen molar-refractivity contribution in [2.75, 3.05) is 26.7 Å². The molecule has 20 heavy (non-hydrogen) atoms. The predicted octanol–water partition coefficient (Wildman–Crippen LogP) is 2.50. The number of hydrogen-bond acceptors (Lipinski definition) is 3. The maximum atomic E-state index is 14.1. The molecule has 1 aliphatic rings. The Balaban J connectivity index is 2.29. The Bertz CT molecular complexity index is 436. The van der Waals surface area contributed by atoms with E-state index in [1.54, 1.807) is 12.1 Å². The fraction of sp³-hybridized carbons (Fsp3) is 0.600. The minimum absolute atomic E-state index is 0.165. The van der Waals surface area contributed by atoms with E-state index in [2.05, 4.69) is 30.7 Å². The molecule has 0 saturated carbocycles. The average molecular weight is 300 g/mol. The van der Waals surface area contributed by atoms with Crippen LogP contribution in [-0.2, 0) is 0 Å². The summed E-state index contributed by atoms with van der Waals surface area (Å²) in [7, 11) is 2.13. The van der Waals surface area contributed by atoms with Gasteiger partial charge in [-0.3, -0.25) is 9.80 Å². The lowest BCUT2D eigenvalue weighted by molar-refractivity contribution is 0.0343. The minimum Gasteiger partial charge on any atom is -0.329 e. The van der Waals surface area contributed by atoms with Gasteiger partial charge in [0.25, 0.3) is 0 Å². The monoisotopic (exact) mass is 299 g/mol. The maximum absolute atomic E-state index is 14.1. The Kier molecular flexibility index (Phi) is 5.02. The summed E-state index contributed by atoms with van der Waals surface area (Å²) in [6, 6.07) is 5.47. The molecule has 0 aromatic heterocycles. The van der Waals surface area contributed by atoms with Gasteiger partial charge in [-0.2, -0.15) is 0 Å². The van der Waals surface area contributed by atoms with Crippen LogP contribution in [0.3, 0.4) is 0 Å². The molecule has 0 amide bonds. The molecule has 3 unspecified atom stereocenters. The first-order valence-electron chi connectivity index (χ1n) is 7.05. The van der Waals surface area contributed by atoms with Gasteiger partial charge in [0, 0.05) is 42.3 Å². The molecule has 1 heterocycles. The lowest BCUT2D eigenvalue weighted by Crippen LogP contribution is -2.56. The SMILES string of the molecule is CC1CN(C(CN)c2c(F)cccc2Cl)CC(C)N1C. The molecule has 1 aromatic carbocycles. The number of rotatable bonds is 3. The van der Waals surface area contributed by atoms with Crippen molar-refractivity contribution in [1.82, 2.24) is 9.80 Å². The van der Waals surface area contributed by atoms with Gasteiger partial charge in [0.1, 0.15) is 5.82 Å². The summed E-state index contributed by atoms with van der Waals surface area (Å²) in [5.74, 6) is -0.271. The quantitative estimate of drug-likeness (QED) is 0.931. The highest BCUT2D eigenvalue weighted by molar-refractivity contribution is 6.31. The van der Waals surface area contributed by atoms with Crippen LogP contribution in [0.2, 0.25) is 5.02 Å². The Hall–Kier alpha value is -0.680. The van der Waals surface area contributed by atoms with Crippen molar-refractivity contribution >= 4 is 11.6 Å². The topological polar surface area (TPSA) is 32.5 Å². The van der Waals surface area contributed by atoms with Gasteiger partial charge in [-0.25, -0.2) is 4.39 Å². The van der Waals surface area contributed by atoms with E-state index in [9.17, 15) is 4.39 Å². The highest BCUT2D eigenvalue weighted by Gasteiger charge is 2.32. The summed E-state index contributed by atoms with van der Waals surface area (Å²) in [4.78, 5) is 4.59. The first kappa shape index (κ1) is 15.7. The largest absolute Gasteiger partial charge is 0.329 e. The zero-order chi connectivity index (χ0) is 14.9. The molecule has 0 radical (unpaired) electrons. The van der Waals surface area contributed by atoms with Gasteiger partial charge in [-0.15, -0.1) is 0 Å². The van der Waals surface area contributed by atoms with Gasteiger partial charge >= 0.3 is 0 Å². The lowest BCUT2D eigenvalue weighted by atomic mass is 10.0. The number of likely N-dealkylation sites (N-methyl/N-ethyl adjacent to an activating group) is 1. The molecule has 1 aliphatic heterocycles. The van der Waals surface area contributed by atoms with Crippen molar-refractivity contribution in [3.63, 3.8) is 0 Å². The predicted molar refractivity (Wildman–Crippen MR) is 81.5 cm³/mol. The summed E-state index contributed by atoms with van der Waals surface area (Å²) in [5, 5.41) is 0.458. The molecule has 1 fully saturated rings. The van der Waals surface area contributed by atoms with Gasteiger partial charge in [0.15, 0.2) is 0 Å². The molecule has 2 N–H and O–H groups in total. The van der Waals surface area contributed by atoms with Crippen LogP contribution in [0, 0.1) is 5.82 Å². The molecule has 0 aliphatic carbocycles. The van der Waals surface area contributed by atoms with E-state index in [4.69, 9.17) is 17.3 Å². The van der Waals surface area contributed by atoms with Crippen LogP contribution in [0.15, 0.2) is 18.2 Å². The van der Waals surface area contributed by atoms with Crippen molar-refractivity contribution in [3.8, 4) is 0 Å². The third-order valence-electron chi connectivity index (χ3n) is 4.38. The third-order valence-corrected chi connectivity index (χ3v) is 4.71. The highest BCUT2D eigenvalue weighted by atomic mass is 35.5. The molecule has 2 rings (SSSR count). The van der Waals surface area contributed by atoms with Crippen molar-refractivity contribution < 1.29 is 4.39 Å². The Morgan fingerprint density at radius 2 is 1.95 bits per heavy atom. The summed E-state index contributed by atoms with van der Waals surface area (Å²) in [6.45, 7) is 6.46. The zero-order valence-electron chi connectivity index (χ0n) is 12.3. The molecule has 1 saturated heterocycles. The molecule has 112 valence electrons. The van der Waals surface area contributed by atoms with Gasteiger partial charge in [0.05, 0.1) is 6.04 Å². The second kappa shape index (κ2) is 6.39. The van der Waals surface area contributed by atoms with Crippen molar-refractivity contribution in [2.45, 2.75) is 32.0 Å². The van der Waals surface area contributed by atoms with E-state index >= 15 is 0 Å². The first-order valence-corrected chi connectivity index (χ1v) is 7.43. The fourth-order valence-electron chi connectivity index (χ4n) is 2.98. The first-order chi connectivity index (χ1) is 9.45.